The molecule has 1 aromatic rings. The first kappa shape index (κ1) is 12.4. The molecular formula is C11H16N2O3. The van der Waals surface area contributed by atoms with Crippen molar-refractivity contribution in [2.75, 3.05) is 13.6 Å². The van der Waals surface area contributed by atoms with Crippen LogP contribution in [0, 0.1) is 0 Å². The maximum absolute atomic E-state index is 11.8. The van der Waals surface area contributed by atoms with E-state index < -0.39 is 6.10 Å². The normalized spacial score (nSPS) is 12.2. The van der Waals surface area contributed by atoms with E-state index in [0.29, 0.717) is 18.5 Å². The highest BCUT2D eigenvalue weighted by molar-refractivity contribution is 5.93. The molecule has 0 aliphatic carbocycles. The Bertz CT molecular complexity index is 412. The van der Waals surface area contributed by atoms with Crippen molar-refractivity contribution in [3.05, 3.63) is 34.2 Å². The smallest absolute Gasteiger partial charge is 0.253 e. The summed E-state index contributed by atoms with van der Waals surface area (Å²) in [6.45, 7) is 2.13. The number of aliphatic hydroxyl groups is 1. The molecule has 16 heavy (non-hydrogen) atoms. The molecule has 0 radical (unpaired) electrons. The van der Waals surface area contributed by atoms with Crippen molar-refractivity contribution in [1.29, 1.82) is 0 Å². The van der Waals surface area contributed by atoms with Gasteiger partial charge in [0.2, 0.25) is 5.56 Å². The van der Waals surface area contributed by atoms with Crippen LogP contribution in [0.5, 0.6) is 0 Å². The number of nitrogens with one attached hydrogen (secondary N) is 1. The first-order valence-electron chi connectivity index (χ1n) is 5.13. The van der Waals surface area contributed by atoms with Crippen molar-refractivity contribution < 1.29 is 9.90 Å². The number of rotatable bonds is 4. The Balaban J connectivity index is 2.67. The van der Waals surface area contributed by atoms with E-state index in [1.807, 2.05) is 0 Å². The maximum Gasteiger partial charge on any atom is 0.253 e. The first-order chi connectivity index (χ1) is 7.50. The molecule has 88 valence electrons. The van der Waals surface area contributed by atoms with Crippen LogP contribution in [0.4, 0.5) is 0 Å². The molecule has 0 saturated carbocycles. The van der Waals surface area contributed by atoms with E-state index in [-0.39, 0.29) is 11.5 Å². The molecule has 0 saturated heterocycles. The third kappa shape index (κ3) is 3.51. The highest BCUT2D eigenvalue weighted by Crippen LogP contribution is 2.01. The molecular weight excluding hydrogens is 208 g/mol. The quantitative estimate of drug-likeness (QED) is 0.768. The van der Waals surface area contributed by atoms with Gasteiger partial charge in [0.15, 0.2) is 0 Å². The molecule has 2 N–H and O–H groups in total. The van der Waals surface area contributed by atoms with Gasteiger partial charge in [-0.3, -0.25) is 9.59 Å². The van der Waals surface area contributed by atoms with Crippen LogP contribution in [0.1, 0.15) is 23.7 Å². The maximum atomic E-state index is 11.8. The largest absolute Gasteiger partial charge is 0.393 e. The van der Waals surface area contributed by atoms with E-state index in [0.717, 1.165) is 0 Å². The number of carbonyl (C=O) groups is 1. The molecule has 1 heterocycles. The summed E-state index contributed by atoms with van der Waals surface area (Å²) in [5, 5.41) is 9.10. The van der Waals surface area contributed by atoms with Crippen molar-refractivity contribution in [1.82, 2.24) is 9.88 Å². The number of aliphatic hydroxyl groups excluding tert-OH is 1. The SMILES string of the molecule is CC(O)CCN(C)C(=O)c1cc[nH]c(=O)c1. The number of aromatic nitrogens is 1. The summed E-state index contributed by atoms with van der Waals surface area (Å²) >= 11 is 0. The minimum absolute atomic E-state index is 0.216. The molecule has 5 nitrogen and oxygen atoms in total. The van der Waals surface area contributed by atoms with Gasteiger partial charge in [-0.1, -0.05) is 0 Å². The number of hydrogen-bond acceptors (Lipinski definition) is 3. The zero-order chi connectivity index (χ0) is 12.1. The summed E-state index contributed by atoms with van der Waals surface area (Å²) in [4.78, 5) is 26.8. The van der Waals surface area contributed by atoms with E-state index in [9.17, 15) is 9.59 Å². The molecule has 0 aliphatic heterocycles. The highest BCUT2D eigenvalue weighted by atomic mass is 16.3. The number of aromatic amines is 1. The number of nitrogens with zero attached hydrogens (tertiary/aromatic N) is 1. The van der Waals surface area contributed by atoms with Gasteiger partial charge in [0.1, 0.15) is 0 Å². The molecule has 1 unspecified atom stereocenters. The lowest BCUT2D eigenvalue weighted by Gasteiger charge is -2.17. The predicted molar refractivity (Wildman–Crippen MR) is 60.3 cm³/mol. The third-order valence-corrected chi connectivity index (χ3v) is 2.25. The zero-order valence-corrected chi connectivity index (χ0v) is 9.43. The number of amides is 1. The molecule has 0 bridgehead atoms. The zero-order valence-electron chi connectivity index (χ0n) is 9.43. The molecule has 5 heteroatoms. The molecule has 1 rings (SSSR count). The minimum Gasteiger partial charge on any atom is -0.393 e. The van der Waals surface area contributed by atoms with Crippen LogP contribution in [0.2, 0.25) is 0 Å². The van der Waals surface area contributed by atoms with Crippen molar-refractivity contribution in [2.24, 2.45) is 0 Å². The third-order valence-electron chi connectivity index (χ3n) is 2.25. The Hall–Kier alpha value is -1.62. The molecule has 0 aliphatic rings. The van der Waals surface area contributed by atoms with Crippen LogP contribution in [-0.2, 0) is 0 Å². The summed E-state index contributed by atoms with van der Waals surface area (Å²) < 4.78 is 0. The van der Waals surface area contributed by atoms with Crippen molar-refractivity contribution in [2.45, 2.75) is 19.4 Å². The summed E-state index contributed by atoms with van der Waals surface area (Å²) in [6.07, 6.45) is 1.53. The molecule has 0 spiro atoms. The first-order valence-corrected chi connectivity index (χ1v) is 5.13. The van der Waals surface area contributed by atoms with Crippen LogP contribution >= 0.6 is 0 Å². The van der Waals surface area contributed by atoms with Gasteiger partial charge in [-0.2, -0.15) is 0 Å². The second-order valence-corrected chi connectivity index (χ2v) is 3.81. The van der Waals surface area contributed by atoms with Crippen LogP contribution in [0.25, 0.3) is 0 Å². The molecule has 0 aromatic carbocycles. The number of carbonyl (C=O) groups excluding carboxylic acids is 1. The van der Waals surface area contributed by atoms with Gasteiger partial charge in [-0.05, 0) is 19.4 Å². The second kappa shape index (κ2) is 5.46. The van der Waals surface area contributed by atoms with Gasteiger partial charge in [0, 0.05) is 31.4 Å². The lowest BCUT2D eigenvalue weighted by atomic mass is 10.2. The van der Waals surface area contributed by atoms with Gasteiger partial charge in [-0.15, -0.1) is 0 Å². The van der Waals surface area contributed by atoms with Crippen LogP contribution in [0.3, 0.4) is 0 Å². The van der Waals surface area contributed by atoms with Crippen molar-refractivity contribution in [3.8, 4) is 0 Å². The second-order valence-electron chi connectivity index (χ2n) is 3.81. The van der Waals surface area contributed by atoms with Crippen LogP contribution in [0.15, 0.2) is 23.1 Å². The minimum atomic E-state index is -0.436. The van der Waals surface area contributed by atoms with E-state index in [4.69, 9.17) is 5.11 Å². The summed E-state index contributed by atoms with van der Waals surface area (Å²) in [7, 11) is 1.64. The molecule has 1 atom stereocenters. The van der Waals surface area contributed by atoms with Gasteiger partial charge >= 0.3 is 0 Å². The Morgan fingerprint density at radius 2 is 2.31 bits per heavy atom. The highest BCUT2D eigenvalue weighted by Gasteiger charge is 2.12. The average Bonchev–Trinajstić information content (AvgIpc) is 2.24. The average molecular weight is 224 g/mol. The molecule has 1 amide bonds. The van der Waals surface area contributed by atoms with E-state index >= 15 is 0 Å². The van der Waals surface area contributed by atoms with E-state index in [1.54, 1.807) is 20.0 Å². The Kier molecular flexibility index (Phi) is 4.25. The fraction of sp³-hybridized carbons (Fsp3) is 0.455. The molecule has 0 fully saturated rings. The summed E-state index contributed by atoms with van der Waals surface area (Å²) in [6, 6.07) is 2.82. The van der Waals surface area contributed by atoms with Crippen molar-refractivity contribution in [3.63, 3.8) is 0 Å². The van der Waals surface area contributed by atoms with Crippen LogP contribution < -0.4 is 5.56 Å². The Morgan fingerprint density at radius 1 is 1.62 bits per heavy atom. The number of H-pyrrole nitrogens is 1. The number of pyridine rings is 1. The molecule has 1 aromatic heterocycles. The van der Waals surface area contributed by atoms with Gasteiger partial charge in [-0.25, -0.2) is 0 Å². The topological polar surface area (TPSA) is 73.4 Å². The summed E-state index contributed by atoms with van der Waals surface area (Å²) in [5.74, 6) is -0.216. The summed E-state index contributed by atoms with van der Waals surface area (Å²) in [5.41, 5.74) is 0.0617. The Labute approximate surface area is 93.7 Å². The van der Waals surface area contributed by atoms with Crippen molar-refractivity contribution >= 4 is 5.91 Å². The monoisotopic (exact) mass is 224 g/mol. The van der Waals surface area contributed by atoms with Gasteiger partial charge in [0.05, 0.1) is 6.10 Å². The fourth-order valence-corrected chi connectivity index (χ4v) is 1.28. The van der Waals surface area contributed by atoms with Gasteiger partial charge in [0.25, 0.3) is 5.91 Å². The van der Waals surface area contributed by atoms with E-state index in [1.165, 1.54) is 17.2 Å². The standard InChI is InChI=1S/C11H16N2O3/c1-8(14)4-6-13(2)11(16)9-3-5-12-10(15)7-9/h3,5,7-8,14H,4,6H2,1-2H3,(H,12,15). The lowest BCUT2D eigenvalue weighted by molar-refractivity contribution is 0.0768. The Morgan fingerprint density at radius 3 is 2.88 bits per heavy atom. The van der Waals surface area contributed by atoms with E-state index in [2.05, 4.69) is 4.98 Å². The van der Waals surface area contributed by atoms with Gasteiger partial charge < -0.3 is 15.0 Å². The number of hydrogen-bond donors (Lipinski definition) is 2. The van der Waals surface area contributed by atoms with Crippen LogP contribution in [-0.4, -0.2) is 40.6 Å². The fourth-order valence-electron chi connectivity index (χ4n) is 1.28. The lowest BCUT2D eigenvalue weighted by Crippen LogP contribution is -2.30. The predicted octanol–water partition coefficient (Wildman–Crippen LogP) is 0.218.